The maximum absolute atomic E-state index is 13.1. The fourth-order valence-electron chi connectivity index (χ4n) is 2.71. The van der Waals surface area contributed by atoms with Crippen LogP contribution in [-0.4, -0.2) is 34.8 Å². The summed E-state index contributed by atoms with van der Waals surface area (Å²) < 4.78 is 13.1. The van der Waals surface area contributed by atoms with Crippen LogP contribution in [0, 0.1) is 11.7 Å². The van der Waals surface area contributed by atoms with Gasteiger partial charge in [-0.25, -0.2) is 9.18 Å². The maximum Gasteiger partial charge on any atom is 0.325 e. The second-order valence-corrected chi connectivity index (χ2v) is 6.38. The Hall–Kier alpha value is -2.15. The van der Waals surface area contributed by atoms with Gasteiger partial charge in [-0.2, -0.15) is 0 Å². The smallest absolute Gasteiger partial charge is 0.324 e. The Morgan fingerprint density at radius 2 is 2.17 bits per heavy atom. The average Bonchev–Trinajstić information content (AvgIpc) is 3.29. The second kappa shape index (κ2) is 5.49. The van der Waals surface area contributed by atoms with Crippen LogP contribution in [0.1, 0.15) is 19.8 Å². The molecule has 2 aliphatic rings. The minimum Gasteiger partial charge on any atom is -0.324 e. The molecule has 1 aliphatic heterocycles. The van der Waals surface area contributed by atoms with E-state index in [-0.39, 0.29) is 10.9 Å². The zero-order chi connectivity index (χ0) is 16.8. The Morgan fingerprint density at radius 1 is 1.48 bits per heavy atom. The van der Waals surface area contributed by atoms with Crippen molar-refractivity contribution in [2.75, 3.05) is 11.9 Å². The molecule has 8 heteroatoms. The number of urea groups is 1. The normalized spacial score (nSPS) is 23.9. The first kappa shape index (κ1) is 15.7. The number of benzene rings is 1. The summed E-state index contributed by atoms with van der Waals surface area (Å²) in [6, 6.07) is 3.15. The van der Waals surface area contributed by atoms with Crippen molar-refractivity contribution in [1.29, 1.82) is 0 Å². The highest BCUT2D eigenvalue weighted by molar-refractivity contribution is 6.31. The van der Waals surface area contributed by atoms with Gasteiger partial charge >= 0.3 is 6.03 Å². The van der Waals surface area contributed by atoms with Crippen molar-refractivity contribution in [2.24, 2.45) is 5.92 Å². The summed E-state index contributed by atoms with van der Waals surface area (Å²) in [6.07, 6.45) is 1.77. The van der Waals surface area contributed by atoms with Gasteiger partial charge < -0.3 is 10.6 Å². The van der Waals surface area contributed by atoms with E-state index in [1.165, 1.54) is 12.1 Å². The van der Waals surface area contributed by atoms with Crippen LogP contribution >= 0.6 is 11.6 Å². The van der Waals surface area contributed by atoms with Crippen molar-refractivity contribution >= 4 is 35.1 Å². The highest BCUT2D eigenvalue weighted by atomic mass is 35.5. The molecule has 122 valence electrons. The Bertz CT molecular complexity index is 707. The van der Waals surface area contributed by atoms with Crippen LogP contribution in [0.15, 0.2) is 18.2 Å². The van der Waals surface area contributed by atoms with Crippen molar-refractivity contribution in [2.45, 2.75) is 25.3 Å². The third kappa shape index (κ3) is 2.88. The van der Waals surface area contributed by atoms with E-state index < -0.39 is 35.7 Å². The molecule has 23 heavy (non-hydrogen) atoms. The molecule has 0 radical (unpaired) electrons. The first-order valence-electron chi connectivity index (χ1n) is 7.20. The number of carbonyl (C=O) groups is 3. The maximum atomic E-state index is 13.1. The summed E-state index contributed by atoms with van der Waals surface area (Å²) >= 11 is 5.64. The van der Waals surface area contributed by atoms with Crippen LogP contribution in [0.2, 0.25) is 5.02 Å². The van der Waals surface area contributed by atoms with Crippen molar-refractivity contribution in [3.8, 4) is 0 Å². The molecule has 1 atom stereocenters. The van der Waals surface area contributed by atoms with Gasteiger partial charge in [0.1, 0.15) is 17.9 Å². The van der Waals surface area contributed by atoms with Crippen molar-refractivity contribution in [3.05, 3.63) is 29.0 Å². The monoisotopic (exact) mass is 339 g/mol. The van der Waals surface area contributed by atoms with Gasteiger partial charge in [-0.1, -0.05) is 11.6 Å². The van der Waals surface area contributed by atoms with Gasteiger partial charge in [0.05, 0.1) is 5.02 Å². The number of anilines is 1. The molecule has 4 amide bonds. The standard InChI is InChI=1S/C15H15ClFN3O3/c1-15(8-2-3-8)13(22)20(14(23)19-15)7-12(21)18-9-4-5-11(17)10(16)6-9/h4-6,8H,2-3,7H2,1H3,(H,18,21)(H,19,23)/t15-/m0/s1. The summed E-state index contributed by atoms with van der Waals surface area (Å²) in [5.41, 5.74) is -0.630. The number of carbonyl (C=O) groups excluding carboxylic acids is 3. The fraction of sp³-hybridized carbons (Fsp3) is 0.400. The lowest BCUT2D eigenvalue weighted by atomic mass is 9.96. The molecule has 3 rings (SSSR count). The highest BCUT2D eigenvalue weighted by Crippen LogP contribution is 2.42. The third-order valence-electron chi connectivity index (χ3n) is 4.20. The van der Waals surface area contributed by atoms with Crippen molar-refractivity contribution < 1.29 is 18.8 Å². The van der Waals surface area contributed by atoms with Crippen molar-refractivity contribution in [1.82, 2.24) is 10.2 Å². The molecule has 1 saturated heterocycles. The topological polar surface area (TPSA) is 78.5 Å². The molecule has 0 spiro atoms. The minimum absolute atomic E-state index is 0.126. The van der Waals surface area contributed by atoms with Gasteiger partial charge in [0.2, 0.25) is 5.91 Å². The van der Waals surface area contributed by atoms with E-state index in [0.717, 1.165) is 23.8 Å². The summed E-state index contributed by atoms with van der Waals surface area (Å²) in [6.45, 7) is 1.28. The van der Waals surface area contributed by atoms with Crippen LogP contribution in [0.25, 0.3) is 0 Å². The minimum atomic E-state index is -0.920. The van der Waals surface area contributed by atoms with Crippen LogP contribution in [0.4, 0.5) is 14.9 Å². The molecule has 0 unspecified atom stereocenters. The van der Waals surface area contributed by atoms with Crippen LogP contribution in [0.5, 0.6) is 0 Å². The summed E-state index contributed by atoms with van der Waals surface area (Å²) in [5.74, 6) is -1.42. The van der Waals surface area contributed by atoms with E-state index in [1.54, 1.807) is 6.92 Å². The zero-order valence-electron chi connectivity index (χ0n) is 12.4. The van der Waals surface area contributed by atoms with E-state index in [4.69, 9.17) is 11.6 Å². The molecule has 1 aromatic carbocycles. The Balaban J connectivity index is 1.66. The quantitative estimate of drug-likeness (QED) is 0.825. The Morgan fingerprint density at radius 3 is 2.78 bits per heavy atom. The van der Waals surface area contributed by atoms with Gasteiger partial charge in [-0.15, -0.1) is 0 Å². The molecule has 2 N–H and O–H groups in total. The molecular formula is C15H15ClFN3O3. The molecule has 0 bridgehead atoms. The zero-order valence-corrected chi connectivity index (χ0v) is 13.1. The first-order chi connectivity index (χ1) is 10.8. The lowest BCUT2D eigenvalue weighted by Crippen LogP contribution is -2.46. The highest BCUT2D eigenvalue weighted by Gasteiger charge is 2.56. The molecule has 6 nitrogen and oxygen atoms in total. The molecule has 0 aromatic heterocycles. The van der Waals surface area contributed by atoms with E-state index in [0.29, 0.717) is 5.69 Å². The Labute approximate surface area is 137 Å². The Kier molecular flexibility index (Phi) is 3.75. The number of hydrogen-bond donors (Lipinski definition) is 2. The number of amides is 4. The average molecular weight is 340 g/mol. The van der Waals surface area contributed by atoms with E-state index in [1.807, 2.05) is 0 Å². The molecule has 1 saturated carbocycles. The SMILES string of the molecule is C[C@@]1(C2CC2)NC(=O)N(CC(=O)Nc2ccc(F)c(Cl)c2)C1=O. The van der Waals surface area contributed by atoms with Gasteiger partial charge in [-0.05, 0) is 43.9 Å². The molecule has 1 aliphatic carbocycles. The third-order valence-corrected chi connectivity index (χ3v) is 4.49. The van der Waals surface area contributed by atoms with Gasteiger partial charge in [0, 0.05) is 5.69 Å². The number of halogens is 2. The summed E-state index contributed by atoms with van der Waals surface area (Å²) in [5, 5.41) is 5.03. The lowest BCUT2D eigenvalue weighted by molar-refractivity contribution is -0.134. The fourth-order valence-corrected chi connectivity index (χ4v) is 2.90. The summed E-state index contributed by atoms with van der Waals surface area (Å²) in [4.78, 5) is 37.3. The van der Waals surface area contributed by atoms with E-state index >= 15 is 0 Å². The predicted molar refractivity (Wildman–Crippen MR) is 81.4 cm³/mol. The van der Waals surface area contributed by atoms with E-state index in [2.05, 4.69) is 10.6 Å². The molecule has 1 heterocycles. The molecular weight excluding hydrogens is 325 g/mol. The van der Waals surface area contributed by atoms with E-state index in [9.17, 15) is 18.8 Å². The first-order valence-corrected chi connectivity index (χ1v) is 7.58. The van der Waals surface area contributed by atoms with Crippen LogP contribution < -0.4 is 10.6 Å². The lowest BCUT2D eigenvalue weighted by Gasteiger charge is -2.20. The van der Waals surface area contributed by atoms with Gasteiger partial charge in [-0.3, -0.25) is 14.5 Å². The number of nitrogens with one attached hydrogen (secondary N) is 2. The molecule has 2 fully saturated rings. The van der Waals surface area contributed by atoms with Gasteiger partial charge in [0.25, 0.3) is 5.91 Å². The van der Waals surface area contributed by atoms with Crippen molar-refractivity contribution in [3.63, 3.8) is 0 Å². The van der Waals surface area contributed by atoms with Crippen LogP contribution in [0.3, 0.4) is 0 Å². The number of hydrogen-bond acceptors (Lipinski definition) is 3. The second-order valence-electron chi connectivity index (χ2n) is 5.98. The predicted octanol–water partition coefficient (Wildman–Crippen LogP) is 2.14. The number of nitrogens with zero attached hydrogens (tertiary/aromatic N) is 1. The summed E-state index contributed by atoms with van der Waals surface area (Å²) in [7, 11) is 0. The number of rotatable bonds is 4. The van der Waals surface area contributed by atoms with Gasteiger partial charge in [0.15, 0.2) is 0 Å². The van der Waals surface area contributed by atoms with Crippen LogP contribution in [-0.2, 0) is 9.59 Å². The largest absolute Gasteiger partial charge is 0.325 e. The number of imide groups is 1. The molecule has 1 aromatic rings.